The lowest BCUT2D eigenvalue weighted by Crippen LogP contribution is -2.44. The maximum atomic E-state index is 4.61. The molecule has 1 aliphatic heterocycles. The predicted octanol–water partition coefficient (Wildman–Crippen LogP) is 1.30. The van der Waals surface area contributed by atoms with Gasteiger partial charge in [0.15, 0.2) is 5.96 Å². The minimum absolute atomic E-state index is 0.648. The molecule has 0 aliphatic carbocycles. The van der Waals surface area contributed by atoms with Gasteiger partial charge in [-0.2, -0.15) is 0 Å². The second-order valence-electron chi connectivity index (χ2n) is 5.94. The van der Waals surface area contributed by atoms with Crippen LogP contribution in [-0.4, -0.2) is 62.2 Å². The third kappa shape index (κ3) is 5.71. The fourth-order valence-corrected chi connectivity index (χ4v) is 2.49. The van der Waals surface area contributed by atoms with Gasteiger partial charge in [0.2, 0.25) is 0 Å². The third-order valence-corrected chi connectivity index (χ3v) is 3.94. The molecular formula is C17H30N6. The Labute approximate surface area is 140 Å². The van der Waals surface area contributed by atoms with Gasteiger partial charge in [0, 0.05) is 45.5 Å². The van der Waals surface area contributed by atoms with Crippen molar-refractivity contribution < 1.29 is 0 Å². The van der Waals surface area contributed by atoms with Crippen molar-refractivity contribution >= 4 is 11.8 Å². The summed E-state index contributed by atoms with van der Waals surface area (Å²) in [5.74, 6) is 1.94. The number of piperazine rings is 1. The molecule has 2 heterocycles. The van der Waals surface area contributed by atoms with Gasteiger partial charge in [-0.1, -0.05) is 13.0 Å². The monoisotopic (exact) mass is 318 g/mol. The minimum Gasteiger partial charge on any atom is -0.357 e. The summed E-state index contributed by atoms with van der Waals surface area (Å²) in [5, 5.41) is 6.57. The Balaban J connectivity index is 1.90. The van der Waals surface area contributed by atoms with Crippen molar-refractivity contribution in [1.82, 2.24) is 20.5 Å². The van der Waals surface area contributed by atoms with Gasteiger partial charge in [0.1, 0.15) is 5.82 Å². The number of aliphatic imine (C=N–C) groups is 1. The summed E-state index contributed by atoms with van der Waals surface area (Å²) < 4.78 is 0. The molecule has 6 heteroatoms. The lowest BCUT2D eigenvalue weighted by molar-refractivity contribution is 0.312. The smallest absolute Gasteiger partial charge is 0.191 e. The van der Waals surface area contributed by atoms with Gasteiger partial charge in [-0.05, 0) is 32.0 Å². The van der Waals surface area contributed by atoms with E-state index in [1.807, 2.05) is 6.20 Å². The standard InChI is InChI=1S/C17H30N6/c1-4-8-19-17(18-5-2)21-14-15-6-7-16(20-13-15)23-11-9-22(3)10-12-23/h6-7,13H,4-5,8-12,14H2,1-3H3,(H2,18,19,21). The Bertz CT molecular complexity index is 476. The number of aromatic nitrogens is 1. The predicted molar refractivity (Wildman–Crippen MR) is 97.1 cm³/mol. The fraction of sp³-hybridized carbons (Fsp3) is 0.647. The van der Waals surface area contributed by atoms with E-state index in [2.05, 4.69) is 63.4 Å². The zero-order valence-electron chi connectivity index (χ0n) is 14.7. The van der Waals surface area contributed by atoms with E-state index >= 15 is 0 Å². The SMILES string of the molecule is CCCNC(=NCc1ccc(N2CCN(C)CC2)nc1)NCC. The molecule has 0 bridgehead atoms. The van der Waals surface area contributed by atoms with Crippen LogP contribution in [-0.2, 0) is 6.54 Å². The zero-order valence-corrected chi connectivity index (χ0v) is 14.7. The highest BCUT2D eigenvalue weighted by Crippen LogP contribution is 2.13. The Hall–Kier alpha value is -1.82. The molecule has 128 valence electrons. The molecule has 0 amide bonds. The zero-order chi connectivity index (χ0) is 16.5. The maximum Gasteiger partial charge on any atom is 0.191 e. The van der Waals surface area contributed by atoms with Gasteiger partial charge in [0.05, 0.1) is 6.54 Å². The molecule has 1 fully saturated rings. The van der Waals surface area contributed by atoms with Crippen LogP contribution in [0.1, 0.15) is 25.8 Å². The van der Waals surface area contributed by atoms with Gasteiger partial charge in [0.25, 0.3) is 0 Å². The van der Waals surface area contributed by atoms with Crippen LogP contribution in [0, 0.1) is 0 Å². The highest BCUT2D eigenvalue weighted by Gasteiger charge is 2.14. The molecule has 6 nitrogen and oxygen atoms in total. The van der Waals surface area contributed by atoms with Gasteiger partial charge < -0.3 is 20.4 Å². The van der Waals surface area contributed by atoms with Crippen LogP contribution in [0.3, 0.4) is 0 Å². The molecule has 1 saturated heterocycles. The number of anilines is 1. The first kappa shape index (κ1) is 17.5. The molecule has 0 aromatic carbocycles. The molecule has 0 atom stereocenters. The van der Waals surface area contributed by atoms with E-state index in [0.717, 1.165) is 63.0 Å². The fourth-order valence-electron chi connectivity index (χ4n) is 2.49. The molecule has 0 radical (unpaired) electrons. The summed E-state index contributed by atoms with van der Waals surface area (Å²) in [4.78, 5) is 13.9. The second-order valence-corrected chi connectivity index (χ2v) is 5.94. The van der Waals surface area contributed by atoms with Crippen molar-refractivity contribution in [2.75, 3.05) is 51.2 Å². The van der Waals surface area contributed by atoms with E-state index in [1.54, 1.807) is 0 Å². The molecule has 23 heavy (non-hydrogen) atoms. The van der Waals surface area contributed by atoms with Crippen LogP contribution in [0.4, 0.5) is 5.82 Å². The number of nitrogens with one attached hydrogen (secondary N) is 2. The van der Waals surface area contributed by atoms with E-state index in [9.17, 15) is 0 Å². The Morgan fingerprint density at radius 1 is 1.17 bits per heavy atom. The van der Waals surface area contributed by atoms with Gasteiger partial charge >= 0.3 is 0 Å². The first-order chi connectivity index (χ1) is 11.2. The number of pyridine rings is 1. The van der Waals surface area contributed by atoms with Gasteiger partial charge in [-0.3, -0.25) is 0 Å². The number of nitrogens with zero attached hydrogens (tertiary/aromatic N) is 4. The number of hydrogen-bond acceptors (Lipinski definition) is 4. The lowest BCUT2D eigenvalue weighted by atomic mass is 10.2. The van der Waals surface area contributed by atoms with Gasteiger partial charge in [-0.25, -0.2) is 9.98 Å². The van der Waals surface area contributed by atoms with Crippen molar-refractivity contribution in [2.24, 2.45) is 4.99 Å². The summed E-state index contributed by atoms with van der Waals surface area (Å²) in [6.45, 7) is 11.0. The average molecular weight is 318 g/mol. The van der Waals surface area contributed by atoms with Crippen molar-refractivity contribution in [3.63, 3.8) is 0 Å². The van der Waals surface area contributed by atoms with Crippen LogP contribution in [0.15, 0.2) is 23.3 Å². The Kier molecular flexibility index (Phi) is 7.13. The van der Waals surface area contributed by atoms with Crippen LogP contribution in [0.2, 0.25) is 0 Å². The Morgan fingerprint density at radius 2 is 1.96 bits per heavy atom. The van der Waals surface area contributed by atoms with Crippen LogP contribution in [0.25, 0.3) is 0 Å². The van der Waals surface area contributed by atoms with Crippen LogP contribution in [0.5, 0.6) is 0 Å². The molecule has 1 aromatic rings. The van der Waals surface area contributed by atoms with Crippen LogP contribution >= 0.6 is 0 Å². The van der Waals surface area contributed by atoms with Crippen molar-refractivity contribution in [1.29, 1.82) is 0 Å². The summed E-state index contributed by atoms with van der Waals surface area (Å²) in [6.07, 6.45) is 3.03. The van der Waals surface area contributed by atoms with Gasteiger partial charge in [-0.15, -0.1) is 0 Å². The second kappa shape index (κ2) is 9.35. The first-order valence-electron chi connectivity index (χ1n) is 8.63. The number of rotatable bonds is 6. The molecule has 0 spiro atoms. The number of likely N-dealkylation sites (N-methyl/N-ethyl adjacent to an activating group) is 1. The topological polar surface area (TPSA) is 55.8 Å². The van der Waals surface area contributed by atoms with E-state index in [4.69, 9.17) is 0 Å². The van der Waals surface area contributed by atoms with E-state index in [0.29, 0.717) is 6.54 Å². The van der Waals surface area contributed by atoms with Crippen molar-refractivity contribution in [3.05, 3.63) is 23.9 Å². The largest absolute Gasteiger partial charge is 0.357 e. The normalized spacial score (nSPS) is 16.5. The molecule has 1 aliphatic rings. The van der Waals surface area contributed by atoms with E-state index in [-0.39, 0.29) is 0 Å². The third-order valence-electron chi connectivity index (χ3n) is 3.94. The maximum absolute atomic E-state index is 4.61. The lowest BCUT2D eigenvalue weighted by Gasteiger charge is -2.33. The molecule has 2 N–H and O–H groups in total. The average Bonchev–Trinajstić information content (AvgIpc) is 2.58. The van der Waals surface area contributed by atoms with E-state index < -0.39 is 0 Å². The van der Waals surface area contributed by atoms with Crippen LogP contribution < -0.4 is 15.5 Å². The quantitative estimate of drug-likeness (QED) is 0.612. The highest BCUT2D eigenvalue weighted by atomic mass is 15.3. The Morgan fingerprint density at radius 3 is 2.57 bits per heavy atom. The summed E-state index contributed by atoms with van der Waals surface area (Å²) in [6, 6.07) is 4.25. The molecule has 0 unspecified atom stereocenters. The van der Waals surface area contributed by atoms with Crippen molar-refractivity contribution in [2.45, 2.75) is 26.8 Å². The first-order valence-corrected chi connectivity index (χ1v) is 8.63. The number of hydrogen-bond donors (Lipinski definition) is 2. The molecule has 1 aromatic heterocycles. The minimum atomic E-state index is 0.648. The summed E-state index contributed by atoms with van der Waals surface area (Å²) >= 11 is 0. The summed E-state index contributed by atoms with van der Waals surface area (Å²) in [5.41, 5.74) is 1.14. The summed E-state index contributed by atoms with van der Waals surface area (Å²) in [7, 11) is 2.17. The molecule has 0 saturated carbocycles. The molecular weight excluding hydrogens is 288 g/mol. The molecule has 2 rings (SSSR count). The number of guanidine groups is 1. The highest BCUT2D eigenvalue weighted by molar-refractivity contribution is 5.79. The van der Waals surface area contributed by atoms with E-state index in [1.165, 1.54) is 0 Å². The van der Waals surface area contributed by atoms with Crippen molar-refractivity contribution in [3.8, 4) is 0 Å².